The average Bonchev–Trinajstić information content (AvgIpc) is 3.10. The molecule has 1 aliphatic heterocycles. The van der Waals surface area contributed by atoms with Crippen molar-refractivity contribution in [2.75, 3.05) is 0 Å². The first-order valence-corrected chi connectivity index (χ1v) is 11.9. The number of hydrogen-bond donors (Lipinski definition) is 0. The molecule has 0 spiro atoms. The van der Waals surface area contributed by atoms with Crippen LogP contribution in [0.5, 0.6) is 11.5 Å². The van der Waals surface area contributed by atoms with E-state index in [1.165, 1.54) is 65.7 Å². The van der Waals surface area contributed by atoms with Crippen LogP contribution in [-0.2, 0) is 5.41 Å². The minimum absolute atomic E-state index is 0.00989. The fraction of sp³-hybridized carbons (Fsp3) is 0.0909. The minimum Gasteiger partial charge on any atom is -0.456 e. The first kappa shape index (κ1) is 18.3. The van der Waals surface area contributed by atoms with E-state index in [4.69, 9.17) is 4.74 Å². The molecular formula is C33H22O. The lowest BCUT2D eigenvalue weighted by Crippen LogP contribution is -2.14. The van der Waals surface area contributed by atoms with Gasteiger partial charge in [0.15, 0.2) is 0 Å². The summed E-state index contributed by atoms with van der Waals surface area (Å²) in [5, 5.41) is 7.50. The molecule has 1 aliphatic carbocycles. The summed E-state index contributed by atoms with van der Waals surface area (Å²) in [6, 6.07) is 35.5. The Bertz CT molecular complexity index is 1860. The Kier molecular flexibility index (Phi) is 3.27. The van der Waals surface area contributed by atoms with Crippen molar-refractivity contribution in [3.63, 3.8) is 0 Å². The summed E-state index contributed by atoms with van der Waals surface area (Å²) >= 11 is 0. The van der Waals surface area contributed by atoms with E-state index in [-0.39, 0.29) is 5.41 Å². The van der Waals surface area contributed by atoms with Crippen molar-refractivity contribution in [1.29, 1.82) is 0 Å². The van der Waals surface area contributed by atoms with Crippen molar-refractivity contribution in [1.82, 2.24) is 0 Å². The van der Waals surface area contributed by atoms with Crippen molar-refractivity contribution in [3.8, 4) is 33.8 Å². The van der Waals surface area contributed by atoms with E-state index >= 15 is 0 Å². The highest BCUT2D eigenvalue weighted by Gasteiger charge is 2.35. The highest BCUT2D eigenvalue weighted by atomic mass is 16.5. The quantitative estimate of drug-likeness (QED) is 0.234. The fourth-order valence-corrected chi connectivity index (χ4v) is 6.39. The maximum absolute atomic E-state index is 6.43. The third-order valence-corrected chi connectivity index (χ3v) is 8.04. The molecule has 34 heavy (non-hydrogen) atoms. The summed E-state index contributed by atoms with van der Waals surface area (Å²) in [7, 11) is 0. The van der Waals surface area contributed by atoms with E-state index in [1.54, 1.807) is 0 Å². The van der Waals surface area contributed by atoms with Gasteiger partial charge >= 0.3 is 0 Å². The monoisotopic (exact) mass is 434 g/mol. The van der Waals surface area contributed by atoms with Crippen molar-refractivity contribution in [2.24, 2.45) is 0 Å². The van der Waals surface area contributed by atoms with Crippen LogP contribution in [0.3, 0.4) is 0 Å². The van der Waals surface area contributed by atoms with Gasteiger partial charge in [-0.2, -0.15) is 0 Å². The molecule has 0 fully saturated rings. The molecule has 1 nitrogen and oxygen atoms in total. The van der Waals surface area contributed by atoms with Gasteiger partial charge in [0, 0.05) is 21.6 Å². The van der Waals surface area contributed by atoms with Crippen LogP contribution in [0.25, 0.3) is 54.6 Å². The lowest BCUT2D eigenvalue weighted by molar-refractivity contribution is 0.493. The molecule has 2 aliphatic rings. The highest BCUT2D eigenvalue weighted by molar-refractivity contribution is 6.26. The normalized spacial score (nSPS) is 14.6. The molecule has 0 radical (unpaired) electrons. The summed E-state index contributed by atoms with van der Waals surface area (Å²) in [4.78, 5) is 0. The van der Waals surface area contributed by atoms with Crippen LogP contribution in [0.4, 0.5) is 0 Å². The fourth-order valence-electron chi connectivity index (χ4n) is 6.39. The summed E-state index contributed by atoms with van der Waals surface area (Å²) in [5.41, 5.74) is 8.05. The molecule has 0 amide bonds. The van der Waals surface area contributed by atoms with Crippen LogP contribution in [0, 0.1) is 0 Å². The molecule has 160 valence electrons. The van der Waals surface area contributed by atoms with Gasteiger partial charge in [0.25, 0.3) is 0 Å². The smallest absolute Gasteiger partial charge is 0.135 e. The molecule has 0 saturated heterocycles. The van der Waals surface area contributed by atoms with Crippen LogP contribution in [0.15, 0.2) is 97.1 Å². The third-order valence-electron chi connectivity index (χ3n) is 8.04. The van der Waals surface area contributed by atoms with Gasteiger partial charge in [-0.1, -0.05) is 92.7 Å². The zero-order valence-electron chi connectivity index (χ0n) is 19.1. The van der Waals surface area contributed by atoms with Gasteiger partial charge in [-0.3, -0.25) is 0 Å². The van der Waals surface area contributed by atoms with E-state index in [1.807, 2.05) is 0 Å². The Hall–Kier alpha value is -4.10. The molecule has 0 bridgehead atoms. The van der Waals surface area contributed by atoms with Crippen LogP contribution in [0.1, 0.15) is 25.0 Å². The number of benzene rings is 6. The number of ether oxygens (including phenoxy) is 1. The highest BCUT2D eigenvalue weighted by Crippen LogP contribution is 2.52. The molecular weight excluding hydrogens is 412 g/mol. The first-order chi connectivity index (χ1) is 16.6. The zero-order chi connectivity index (χ0) is 22.6. The van der Waals surface area contributed by atoms with Gasteiger partial charge < -0.3 is 4.74 Å². The summed E-state index contributed by atoms with van der Waals surface area (Å²) in [5.74, 6) is 1.90. The number of rotatable bonds is 1. The number of fused-ring (bicyclic) bond motifs is 3. The van der Waals surface area contributed by atoms with Crippen LogP contribution < -0.4 is 4.74 Å². The van der Waals surface area contributed by atoms with Crippen molar-refractivity contribution >= 4 is 32.3 Å². The summed E-state index contributed by atoms with van der Waals surface area (Å²) < 4.78 is 6.43. The molecule has 1 heteroatoms. The largest absolute Gasteiger partial charge is 0.456 e. The standard InChI is InChI=1S/C33H22O/c1-33(2)26-8-4-3-7-23(26)24-14-13-21(18-27(24)33)22-16-17-29-32-25(22)15-12-20-11-10-19-6-5-9-28(34-29)30(19)31(20)32/h3-18H,1-2H3. The molecule has 0 aromatic heterocycles. The van der Waals surface area contributed by atoms with Crippen LogP contribution in [0.2, 0.25) is 0 Å². The predicted octanol–water partition coefficient (Wildman–Crippen LogP) is 9.23. The third kappa shape index (κ3) is 2.15. The van der Waals surface area contributed by atoms with E-state index in [9.17, 15) is 0 Å². The first-order valence-electron chi connectivity index (χ1n) is 11.9. The van der Waals surface area contributed by atoms with E-state index < -0.39 is 0 Å². The molecule has 0 unspecified atom stereocenters. The molecule has 1 heterocycles. The molecule has 0 atom stereocenters. The van der Waals surface area contributed by atoms with Gasteiger partial charge in [0.05, 0.1) is 0 Å². The summed E-state index contributed by atoms with van der Waals surface area (Å²) in [6.45, 7) is 4.69. The lowest BCUT2D eigenvalue weighted by Gasteiger charge is -2.23. The average molecular weight is 435 g/mol. The van der Waals surface area contributed by atoms with Gasteiger partial charge in [-0.15, -0.1) is 0 Å². The Morgan fingerprint density at radius 3 is 2.18 bits per heavy atom. The van der Waals surface area contributed by atoms with Crippen LogP contribution >= 0.6 is 0 Å². The minimum atomic E-state index is -0.00989. The Morgan fingerprint density at radius 1 is 0.529 bits per heavy atom. The van der Waals surface area contributed by atoms with Gasteiger partial charge in [-0.05, 0) is 67.7 Å². The zero-order valence-corrected chi connectivity index (χ0v) is 19.1. The van der Waals surface area contributed by atoms with Crippen molar-refractivity contribution < 1.29 is 4.74 Å². The molecule has 6 aromatic carbocycles. The maximum Gasteiger partial charge on any atom is 0.135 e. The van der Waals surface area contributed by atoms with Gasteiger partial charge in [0.2, 0.25) is 0 Å². The SMILES string of the molecule is CC1(C)c2ccccc2-c2ccc(-c3ccc4c5c3ccc3ccc6cccc(c6c35)O4)cc21. The topological polar surface area (TPSA) is 9.23 Å². The van der Waals surface area contributed by atoms with E-state index in [0.717, 1.165) is 11.5 Å². The lowest BCUT2D eigenvalue weighted by atomic mass is 9.81. The molecule has 6 aromatic rings. The van der Waals surface area contributed by atoms with E-state index in [2.05, 4.69) is 111 Å². The van der Waals surface area contributed by atoms with E-state index in [0.29, 0.717) is 0 Å². The van der Waals surface area contributed by atoms with Crippen LogP contribution in [-0.4, -0.2) is 0 Å². The van der Waals surface area contributed by atoms with Gasteiger partial charge in [-0.25, -0.2) is 0 Å². The Labute approximate surface area is 198 Å². The predicted molar refractivity (Wildman–Crippen MR) is 142 cm³/mol. The maximum atomic E-state index is 6.43. The Balaban J connectivity index is 1.44. The molecule has 8 rings (SSSR count). The van der Waals surface area contributed by atoms with Crippen molar-refractivity contribution in [3.05, 3.63) is 108 Å². The van der Waals surface area contributed by atoms with Gasteiger partial charge in [0.1, 0.15) is 11.5 Å². The van der Waals surface area contributed by atoms with Crippen molar-refractivity contribution in [2.45, 2.75) is 19.3 Å². The summed E-state index contributed by atoms with van der Waals surface area (Å²) in [6.07, 6.45) is 0. The second-order valence-electron chi connectivity index (χ2n) is 10.2. The molecule has 0 N–H and O–H groups in total. The molecule has 0 saturated carbocycles. The second kappa shape index (κ2) is 6.07. The Morgan fingerprint density at radius 2 is 1.26 bits per heavy atom. The number of hydrogen-bond acceptors (Lipinski definition) is 1. The second-order valence-corrected chi connectivity index (χ2v) is 10.2.